The standard InChI is InChI=1S/C14H25FO10/c1-2-22-13-7(15)9(19)12(6(4-17)24-13)25-14-11(21)10(20)8(18)5(3-16)23-14/h5-14,16-21H,2-4H2,1H3. The molecule has 2 aliphatic heterocycles. The first-order chi connectivity index (χ1) is 11.8. The van der Waals surface area contributed by atoms with Gasteiger partial charge in [-0.1, -0.05) is 0 Å². The molecule has 0 bridgehead atoms. The van der Waals surface area contributed by atoms with Crippen LogP contribution in [0.4, 0.5) is 4.39 Å². The molecule has 0 aromatic heterocycles. The van der Waals surface area contributed by atoms with Crippen molar-refractivity contribution < 1.29 is 54.0 Å². The van der Waals surface area contributed by atoms with E-state index < -0.39 is 74.7 Å². The van der Waals surface area contributed by atoms with Crippen LogP contribution in [0.5, 0.6) is 0 Å². The van der Waals surface area contributed by atoms with Crippen LogP contribution in [0.25, 0.3) is 0 Å². The van der Waals surface area contributed by atoms with E-state index in [9.17, 15) is 29.9 Å². The fourth-order valence-corrected chi connectivity index (χ4v) is 2.83. The molecule has 0 saturated carbocycles. The highest BCUT2D eigenvalue weighted by molar-refractivity contribution is 4.94. The summed E-state index contributed by atoms with van der Waals surface area (Å²) in [5.74, 6) is 0. The second-order valence-electron chi connectivity index (χ2n) is 5.91. The van der Waals surface area contributed by atoms with Crippen LogP contribution in [0.1, 0.15) is 6.92 Å². The Bertz CT molecular complexity index is 411. The number of aliphatic hydroxyl groups is 6. The molecule has 2 saturated heterocycles. The third-order valence-electron chi connectivity index (χ3n) is 4.25. The molecule has 11 heteroatoms. The van der Waals surface area contributed by atoms with Gasteiger partial charge < -0.3 is 49.6 Å². The maximum absolute atomic E-state index is 14.2. The van der Waals surface area contributed by atoms with Crippen molar-refractivity contribution in [2.45, 2.75) is 68.4 Å². The molecular weight excluding hydrogens is 347 g/mol. The van der Waals surface area contributed by atoms with Crippen molar-refractivity contribution in [3.05, 3.63) is 0 Å². The van der Waals surface area contributed by atoms with E-state index in [0.717, 1.165) is 0 Å². The van der Waals surface area contributed by atoms with Crippen molar-refractivity contribution in [2.75, 3.05) is 19.8 Å². The van der Waals surface area contributed by atoms with Gasteiger partial charge in [-0.3, -0.25) is 0 Å². The third-order valence-corrected chi connectivity index (χ3v) is 4.25. The monoisotopic (exact) mass is 372 g/mol. The topological polar surface area (TPSA) is 158 Å². The maximum atomic E-state index is 14.2. The first kappa shape index (κ1) is 20.8. The fraction of sp³-hybridized carbons (Fsp3) is 1.00. The zero-order valence-corrected chi connectivity index (χ0v) is 13.6. The molecule has 0 aromatic rings. The minimum Gasteiger partial charge on any atom is -0.394 e. The molecule has 0 radical (unpaired) electrons. The van der Waals surface area contributed by atoms with Gasteiger partial charge in [0, 0.05) is 6.61 Å². The number of hydrogen-bond acceptors (Lipinski definition) is 10. The predicted octanol–water partition coefficient (Wildman–Crippen LogP) is -3.38. The Morgan fingerprint density at radius 3 is 2.00 bits per heavy atom. The van der Waals surface area contributed by atoms with E-state index in [2.05, 4.69) is 0 Å². The number of hydrogen-bond donors (Lipinski definition) is 6. The molecular formula is C14H25FO10. The molecule has 2 rings (SSSR count). The summed E-state index contributed by atoms with van der Waals surface area (Å²) in [5, 5.41) is 58.1. The Balaban J connectivity index is 2.11. The van der Waals surface area contributed by atoms with Crippen molar-refractivity contribution in [2.24, 2.45) is 0 Å². The summed E-state index contributed by atoms with van der Waals surface area (Å²) in [6, 6.07) is 0. The van der Waals surface area contributed by atoms with Gasteiger partial charge >= 0.3 is 0 Å². The Hall–Kier alpha value is -0.470. The molecule has 10 nitrogen and oxygen atoms in total. The van der Waals surface area contributed by atoms with E-state index >= 15 is 0 Å². The van der Waals surface area contributed by atoms with E-state index in [1.807, 2.05) is 0 Å². The molecule has 2 heterocycles. The summed E-state index contributed by atoms with van der Waals surface area (Å²) in [5.41, 5.74) is 0. The summed E-state index contributed by atoms with van der Waals surface area (Å²) in [4.78, 5) is 0. The lowest BCUT2D eigenvalue weighted by Crippen LogP contribution is -2.64. The van der Waals surface area contributed by atoms with E-state index in [-0.39, 0.29) is 6.61 Å². The summed E-state index contributed by atoms with van der Waals surface area (Å²) < 4.78 is 34.9. The van der Waals surface area contributed by atoms with Crippen molar-refractivity contribution >= 4 is 0 Å². The molecule has 2 fully saturated rings. The quantitative estimate of drug-likeness (QED) is 0.278. The molecule has 25 heavy (non-hydrogen) atoms. The highest BCUT2D eigenvalue weighted by Crippen LogP contribution is 2.30. The average molecular weight is 372 g/mol. The van der Waals surface area contributed by atoms with Gasteiger partial charge in [0.1, 0.15) is 42.7 Å². The van der Waals surface area contributed by atoms with Crippen molar-refractivity contribution in [3.8, 4) is 0 Å². The molecule has 0 amide bonds. The predicted molar refractivity (Wildman–Crippen MR) is 76.9 cm³/mol. The first-order valence-corrected chi connectivity index (χ1v) is 8.01. The Kier molecular flexibility index (Phi) is 7.46. The number of rotatable bonds is 6. The highest BCUT2D eigenvalue weighted by Gasteiger charge is 2.51. The molecule has 2 aliphatic rings. The smallest absolute Gasteiger partial charge is 0.191 e. The third kappa shape index (κ3) is 4.27. The lowest BCUT2D eigenvalue weighted by molar-refractivity contribution is -0.353. The summed E-state index contributed by atoms with van der Waals surface area (Å²) in [7, 11) is 0. The van der Waals surface area contributed by atoms with E-state index in [0.29, 0.717) is 0 Å². The number of ether oxygens (including phenoxy) is 4. The van der Waals surface area contributed by atoms with Gasteiger partial charge in [0.15, 0.2) is 18.8 Å². The molecule has 0 aromatic carbocycles. The van der Waals surface area contributed by atoms with Crippen LogP contribution in [0, 0.1) is 0 Å². The lowest BCUT2D eigenvalue weighted by Gasteiger charge is -2.45. The van der Waals surface area contributed by atoms with E-state index in [1.54, 1.807) is 6.92 Å². The van der Waals surface area contributed by atoms with Crippen LogP contribution < -0.4 is 0 Å². The van der Waals surface area contributed by atoms with Crippen LogP contribution in [-0.4, -0.2) is 112 Å². The maximum Gasteiger partial charge on any atom is 0.191 e. The summed E-state index contributed by atoms with van der Waals surface area (Å²) in [6.07, 6.45) is -15.6. The molecule has 0 aliphatic carbocycles. The van der Waals surface area contributed by atoms with Crippen molar-refractivity contribution in [1.29, 1.82) is 0 Å². The minimum absolute atomic E-state index is 0.119. The largest absolute Gasteiger partial charge is 0.394 e. The zero-order valence-electron chi connectivity index (χ0n) is 13.6. The first-order valence-electron chi connectivity index (χ1n) is 8.01. The van der Waals surface area contributed by atoms with Gasteiger partial charge in [-0.25, -0.2) is 4.39 Å². The van der Waals surface area contributed by atoms with Crippen LogP contribution in [-0.2, 0) is 18.9 Å². The minimum atomic E-state index is -1.99. The van der Waals surface area contributed by atoms with Gasteiger partial charge in [-0.2, -0.15) is 0 Å². The van der Waals surface area contributed by atoms with E-state index in [4.69, 9.17) is 24.1 Å². The number of halogens is 1. The van der Waals surface area contributed by atoms with Crippen LogP contribution >= 0.6 is 0 Å². The van der Waals surface area contributed by atoms with Gasteiger partial charge in [0.05, 0.1) is 13.2 Å². The normalized spacial score (nSPS) is 48.5. The van der Waals surface area contributed by atoms with Crippen molar-refractivity contribution in [1.82, 2.24) is 0 Å². The zero-order chi connectivity index (χ0) is 18.7. The Morgan fingerprint density at radius 2 is 1.44 bits per heavy atom. The number of alkyl halides is 1. The van der Waals surface area contributed by atoms with Crippen LogP contribution in [0.15, 0.2) is 0 Å². The van der Waals surface area contributed by atoms with Crippen molar-refractivity contribution in [3.63, 3.8) is 0 Å². The van der Waals surface area contributed by atoms with Crippen LogP contribution in [0.3, 0.4) is 0 Å². The van der Waals surface area contributed by atoms with Gasteiger partial charge in [-0.15, -0.1) is 0 Å². The van der Waals surface area contributed by atoms with Gasteiger partial charge in [-0.05, 0) is 6.92 Å². The fourth-order valence-electron chi connectivity index (χ4n) is 2.83. The summed E-state index contributed by atoms with van der Waals surface area (Å²) in [6.45, 7) is 0.409. The summed E-state index contributed by atoms with van der Waals surface area (Å²) >= 11 is 0. The highest BCUT2D eigenvalue weighted by atomic mass is 19.1. The van der Waals surface area contributed by atoms with E-state index in [1.165, 1.54) is 0 Å². The molecule has 148 valence electrons. The lowest BCUT2D eigenvalue weighted by atomic mass is 9.97. The average Bonchev–Trinajstić information content (AvgIpc) is 2.61. The molecule has 10 atom stereocenters. The van der Waals surface area contributed by atoms with Gasteiger partial charge in [0.25, 0.3) is 0 Å². The molecule has 10 unspecified atom stereocenters. The Morgan fingerprint density at radius 1 is 0.840 bits per heavy atom. The molecule has 6 N–H and O–H groups in total. The van der Waals surface area contributed by atoms with Gasteiger partial charge in [0.2, 0.25) is 0 Å². The molecule has 0 spiro atoms. The second-order valence-corrected chi connectivity index (χ2v) is 5.91. The number of aliphatic hydroxyl groups excluding tert-OH is 6. The van der Waals surface area contributed by atoms with Crippen LogP contribution in [0.2, 0.25) is 0 Å². The SMILES string of the molecule is CCOC1OC(CO)C(OC2OC(CO)C(O)C(O)C2O)C(O)C1F. The second kappa shape index (κ2) is 8.95. The Labute approximate surface area is 143 Å².